The van der Waals surface area contributed by atoms with E-state index in [4.69, 9.17) is 4.74 Å². The van der Waals surface area contributed by atoms with Gasteiger partial charge in [-0.2, -0.15) is 5.10 Å². The summed E-state index contributed by atoms with van der Waals surface area (Å²) in [7, 11) is 1.96. The smallest absolute Gasteiger partial charge is 0.0835 e. The molecule has 0 aliphatic heterocycles. The molecule has 104 valence electrons. The molecule has 0 saturated carbocycles. The van der Waals surface area contributed by atoms with Gasteiger partial charge in [0.05, 0.1) is 28.0 Å². The average Bonchev–Trinajstić information content (AvgIpc) is 2.60. The van der Waals surface area contributed by atoms with Crippen LogP contribution in [0.15, 0.2) is 10.7 Å². The monoisotopic (exact) mass is 317 g/mol. The van der Waals surface area contributed by atoms with Gasteiger partial charge < -0.3 is 10.1 Å². The van der Waals surface area contributed by atoms with Crippen molar-refractivity contribution < 1.29 is 4.74 Å². The molecule has 1 rings (SSSR count). The number of aromatic nitrogens is 2. The van der Waals surface area contributed by atoms with Crippen LogP contribution in [0.5, 0.6) is 0 Å². The molecule has 0 aliphatic carbocycles. The van der Waals surface area contributed by atoms with Gasteiger partial charge in [-0.25, -0.2) is 0 Å². The first kappa shape index (κ1) is 15.7. The highest BCUT2D eigenvalue weighted by Crippen LogP contribution is 2.33. The molecule has 0 amide bonds. The van der Waals surface area contributed by atoms with Gasteiger partial charge in [0.15, 0.2) is 0 Å². The highest BCUT2D eigenvalue weighted by Gasteiger charge is 2.34. The van der Waals surface area contributed by atoms with Gasteiger partial charge >= 0.3 is 0 Å². The Labute approximate surface area is 118 Å². The van der Waals surface area contributed by atoms with Crippen molar-refractivity contribution in [3.05, 3.63) is 16.4 Å². The van der Waals surface area contributed by atoms with Crippen LogP contribution < -0.4 is 5.32 Å². The second-order valence-electron chi connectivity index (χ2n) is 4.92. The van der Waals surface area contributed by atoms with Crippen molar-refractivity contribution in [3.63, 3.8) is 0 Å². The molecule has 0 spiro atoms. The number of rotatable bonds is 7. The van der Waals surface area contributed by atoms with Gasteiger partial charge in [-0.05, 0) is 49.7 Å². The molecule has 1 aromatic rings. The fourth-order valence-corrected chi connectivity index (χ4v) is 2.74. The molecule has 0 aromatic carbocycles. The topological polar surface area (TPSA) is 39.1 Å². The lowest BCUT2D eigenvalue weighted by Gasteiger charge is -2.35. The molecular weight excluding hydrogens is 294 g/mol. The quantitative estimate of drug-likeness (QED) is 0.840. The van der Waals surface area contributed by atoms with Gasteiger partial charge in [0.2, 0.25) is 0 Å². The van der Waals surface area contributed by atoms with E-state index in [9.17, 15) is 0 Å². The lowest BCUT2D eigenvalue weighted by molar-refractivity contribution is -0.0411. The lowest BCUT2D eigenvalue weighted by atomic mass is 9.95. The third-order valence-electron chi connectivity index (χ3n) is 3.02. The number of hydrogen-bond donors (Lipinski definition) is 1. The first-order valence-corrected chi connectivity index (χ1v) is 7.28. The zero-order valence-electron chi connectivity index (χ0n) is 12.0. The van der Waals surface area contributed by atoms with Crippen LogP contribution in [-0.4, -0.2) is 28.5 Å². The molecule has 1 atom stereocenters. The highest BCUT2D eigenvalue weighted by molar-refractivity contribution is 9.10. The van der Waals surface area contributed by atoms with Crippen LogP contribution in [0, 0.1) is 0 Å². The van der Waals surface area contributed by atoms with Gasteiger partial charge in [-0.15, -0.1) is 0 Å². The van der Waals surface area contributed by atoms with E-state index < -0.39 is 0 Å². The van der Waals surface area contributed by atoms with Crippen LogP contribution in [0.4, 0.5) is 0 Å². The zero-order valence-corrected chi connectivity index (χ0v) is 13.5. The third-order valence-corrected chi connectivity index (χ3v) is 3.63. The molecule has 1 N–H and O–H groups in total. The summed E-state index contributed by atoms with van der Waals surface area (Å²) in [5.74, 6) is 0. The molecule has 4 nitrogen and oxygen atoms in total. The van der Waals surface area contributed by atoms with Crippen molar-refractivity contribution in [1.29, 1.82) is 0 Å². The van der Waals surface area contributed by atoms with E-state index in [1.807, 2.05) is 24.9 Å². The molecule has 0 bridgehead atoms. The van der Waals surface area contributed by atoms with E-state index in [0.29, 0.717) is 6.61 Å². The molecular formula is C13H24BrN3O. The molecule has 0 saturated heterocycles. The Morgan fingerprint density at radius 3 is 2.61 bits per heavy atom. The minimum atomic E-state index is -0.278. The summed E-state index contributed by atoms with van der Waals surface area (Å²) in [4.78, 5) is 0. The predicted octanol–water partition coefficient (Wildman–Crippen LogP) is 3.04. The second-order valence-corrected chi connectivity index (χ2v) is 5.78. The first-order chi connectivity index (χ1) is 8.44. The molecule has 0 aliphatic rings. The maximum atomic E-state index is 5.90. The van der Waals surface area contributed by atoms with Gasteiger partial charge in [-0.1, -0.05) is 6.92 Å². The van der Waals surface area contributed by atoms with Crippen molar-refractivity contribution in [2.45, 2.75) is 45.8 Å². The summed E-state index contributed by atoms with van der Waals surface area (Å²) in [6.45, 7) is 10.1. The molecule has 1 unspecified atom stereocenters. The number of halogens is 1. The third kappa shape index (κ3) is 3.56. The van der Waals surface area contributed by atoms with Crippen LogP contribution in [0.1, 0.15) is 45.9 Å². The minimum Gasteiger partial charge on any atom is -0.374 e. The number of nitrogens with one attached hydrogen (secondary N) is 1. The zero-order chi connectivity index (χ0) is 13.8. The maximum absolute atomic E-state index is 5.90. The van der Waals surface area contributed by atoms with E-state index in [1.54, 1.807) is 0 Å². The highest BCUT2D eigenvalue weighted by atomic mass is 79.9. The standard InChI is InChI=1S/C13H24BrN3O/c1-6-8-15-12(13(3,4)18-7-2)11-10(14)9-16-17(11)5/h9,12,15H,6-8H2,1-5H3. The molecule has 1 aromatic heterocycles. The number of nitrogens with zero attached hydrogens (tertiary/aromatic N) is 2. The number of aryl methyl sites for hydroxylation is 1. The fraction of sp³-hybridized carbons (Fsp3) is 0.769. The summed E-state index contributed by atoms with van der Waals surface area (Å²) in [6, 6.07) is 0.110. The Balaban J connectivity index is 3.05. The summed E-state index contributed by atoms with van der Waals surface area (Å²) < 4.78 is 8.82. The van der Waals surface area contributed by atoms with E-state index in [2.05, 4.69) is 47.1 Å². The predicted molar refractivity (Wildman–Crippen MR) is 77.6 cm³/mol. The number of hydrogen-bond acceptors (Lipinski definition) is 3. The van der Waals surface area contributed by atoms with Crippen LogP contribution in [0.25, 0.3) is 0 Å². The van der Waals surface area contributed by atoms with Crippen LogP contribution >= 0.6 is 15.9 Å². The lowest BCUT2D eigenvalue weighted by Crippen LogP contribution is -2.43. The second kappa shape index (κ2) is 6.68. The minimum absolute atomic E-state index is 0.110. The van der Waals surface area contributed by atoms with Crippen LogP contribution in [0.3, 0.4) is 0 Å². The fourth-order valence-electron chi connectivity index (χ4n) is 2.16. The first-order valence-electron chi connectivity index (χ1n) is 6.48. The SMILES string of the molecule is CCCNC(c1c(Br)cnn1C)C(C)(C)OCC. The van der Waals surface area contributed by atoms with Gasteiger partial charge in [-0.3, -0.25) is 4.68 Å². The van der Waals surface area contributed by atoms with Gasteiger partial charge in [0.25, 0.3) is 0 Å². The molecule has 5 heteroatoms. The van der Waals surface area contributed by atoms with Crippen molar-refractivity contribution in [3.8, 4) is 0 Å². The Hall–Kier alpha value is -0.390. The maximum Gasteiger partial charge on any atom is 0.0835 e. The average molecular weight is 318 g/mol. The normalized spacial score (nSPS) is 13.9. The van der Waals surface area contributed by atoms with Crippen molar-refractivity contribution >= 4 is 15.9 Å². The summed E-state index contributed by atoms with van der Waals surface area (Å²) in [5.41, 5.74) is 0.849. The largest absolute Gasteiger partial charge is 0.374 e. The Morgan fingerprint density at radius 2 is 2.17 bits per heavy atom. The van der Waals surface area contributed by atoms with E-state index >= 15 is 0 Å². The summed E-state index contributed by atoms with van der Waals surface area (Å²) in [5, 5.41) is 7.86. The van der Waals surface area contributed by atoms with Crippen LogP contribution in [-0.2, 0) is 11.8 Å². The van der Waals surface area contributed by atoms with Gasteiger partial charge in [0.1, 0.15) is 0 Å². The van der Waals surface area contributed by atoms with E-state index in [0.717, 1.165) is 23.1 Å². The molecule has 0 fully saturated rings. The molecule has 1 heterocycles. The van der Waals surface area contributed by atoms with Crippen molar-refractivity contribution in [1.82, 2.24) is 15.1 Å². The van der Waals surface area contributed by atoms with E-state index in [-0.39, 0.29) is 11.6 Å². The van der Waals surface area contributed by atoms with Gasteiger partial charge in [0, 0.05) is 13.7 Å². The Bertz CT molecular complexity index is 357. The Kier molecular flexibility index (Phi) is 5.82. The summed E-state index contributed by atoms with van der Waals surface area (Å²) in [6.07, 6.45) is 2.92. The summed E-state index contributed by atoms with van der Waals surface area (Å²) >= 11 is 3.57. The molecule has 0 radical (unpaired) electrons. The van der Waals surface area contributed by atoms with Crippen molar-refractivity contribution in [2.24, 2.45) is 7.05 Å². The van der Waals surface area contributed by atoms with E-state index in [1.165, 1.54) is 0 Å². The Morgan fingerprint density at radius 1 is 1.50 bits per heavy atom. The molecule has 18 heavy (non-hydrogen) atoms. The van der Waals surface area contributed by atoms with Crippen molar-refractivity contribution in [2.75, 3.05) is 13.2 Å². The number of ether oxygens (including phenoxy) is 1. The van der Waals surface area contributed by atoms with Crippen LogP contribution in [0.2, 0.25) is 0 Å².